The van der Waals surface area contributed by atoms with Crippen molar-refractivity contribution in [2.45, 2.75) is 90.3 Å². The molecule has 0 bridgehead atoms. The molecule has 2 aliphatic carbocycles. The number of fused-ring (bicyclic) bond motifs is 13. The first-order valence-electron chi connectivity index (χ1n) is 32.4. The Balaban J connectivity index is 0.00000735. The molecule has 3 aliphatic rings. The van der Waals surface area contributed by atoms with E-state index < -0.39 is 11.8 Å². The monoisotopic (exact) mass is 1300 g/mol. The summed E-state index contributed by atoms with van der Waals surface area (Å²) in [4.78, 5) is 9.29. The molecule has 0 unspecified atom stereocenters. The van der Waals surface area contributed by atoms with Crippen molar-refractivity contribution in [2.75, 3.05) is 9.80 Å². The van der Waals surface area contributed by atoms with E-state index in [4.69, 9.17) is 13.8 Å². The number of nitrogens with zero attached hydrogens (tertiary/aromatic N) is 4. The molecule has 5 nitrogen and oxygen atoms in total. The van der Waals surface area contributed by atoms with Crippen molar-refractivity contribution < 1.29 is 34.0 Å². The predicted molar refractivity (Wildman–Crippen MR) is 351 cm³/mol. The van der Waals surface area contributed by atoms with Crippen LogP contribution in [0.3, 0.4) is 0 Å². The molecule has 12 aromatic rings. The number of hydrogen-bond donors (Lipinski definition) is 0. The summed E-state index contributed by atoms with van der Waals surface area (Å²) in [5.74, 6) is 1.30. The van der Waals surface area contributed by atoms with Gasteiger partial charge in [-0.15, -0.1) is 48.1 Å². The van der Waals surface area contributed by atoms with Gasteiger partial charge in [-0.1, -0.05) is 225 Å². The van der Waals surface area contributed by atoms with E-state index >= 15 is 0 Å². The molecule has 0 amide bonds. The van der Waals surface area contributed by atoms with E-state index in [2.05, 4.69) is 218 Å². The second-order valence-corrected chi connectivity index (χ2v) is 25.9. The zero-order valence-corrected chi connectivity index (χ0v) is 51.9. The molecule has 6 heteroatoms. The Labute approximate surface area is 529 Å². The van der Waals surface area contributed by atoms with E-state index in [1.165, 1.54) is 11.1 Å². The Morgan fingerprint density at radius 3 is 1.83 bits per heavy atom. The van der Waals surface area contributed by atoms with Gasteiger partial charge in [-0.05, 0) is 131 Å². The van der Waals surface area contributed by atoms with E-state index in [-0.39, 0.29) is 61.5 Å². The number of anilines is 4. The van der Waals surface area contributed by atoms with Crippen LogP contribution in [0, 0.1) is 18.8 Å². The van der Waals surface area contributed by atoms with E-state index in [0.717, 1.165) is 83.9 Å². The number of aromatic nitrogens is 2. The molecule has 3 heterocycles. The van der Waals surface area contributed by atoms with Crippen LogP contribution >= 0.6 is 0 Å². The fourth-order valence-corrected chi connectivity index (χ4v) is 13.3. The second kappa shape index (κ2) is 20.5. The van der Waals surface area contributed by atoms with Gasteiger partial charge in [0.15, 0.2) is 0 Å². The van der Waals surface area contributed by atoms with Crippen LogP contribution in [0.1, 0.15) is 121 Å². The van der Waals surface area contributed by atoms with E-state index in [9.17, 15) is 4.11 Å². The summed E-state index contributed by atoms with van der Waals surface area (Å²) in [6, 6.07) is 73.7. The fourth-order valence-electron chi connectivity index (χ4n) is 13.3. The zero-order valence-electron chi connectivity index (χ0n) is 55.6. The summed E-state index contributed by atoms with van der Waals surface area (Å²) in [5, 5.41) is 0.974. The average Bonchev–Trinajstić information content (AvgIpc) is 1.43. The molecule has 15 rings (SSSR count). The quantitative estimate of drug-likeness (QED) is 0.149. The van der Waals surface area contributed by atoms with Crippen LogP contribution in [0.2, 0.25) is 0 Å². The van der Waals surface area contributed by atoms with Crippen LogP contribution in [-0.2, 0) is 49.1 Å². The molecule has 0 radical (unpaired) electrons. The maximum Gasteiger partial charge on any atom is 0.135 e. The molecule has 10 aromatic carbocycles. The third kappa shape index (κ3) is 8.79. The molecular weight excluding hydrogens is 1230 g/mol. The first-order valence-corrected chi connectivity index (χ1v) is 29.4. The van der Waals surface area contributed by atoms with Gasteiger partial charge < -0.3 is 19.1 Å². The van der Waals surface area contributed by atoms with Gasteiger partial charge in [0.1, 0.15) is 5.82 Å². The average molecular weight is 1300 g/mol. The molecule has 0 N–H and O–H groups in total. The van der Waals surface area contributed by atoms with Crippen molar-refractivity contribution in [2.24, 2.45) is 0 Å². The first-order chi connectivity index (χ1) is 43.5. The van der Waals surface area contributed by atoms with Crippen molar-refractivity contribution in [1.82, 2.24) is 9.55 Å². The number of para-hydroxylation sites is 4. The summed E-state index contributed by atoms with van der Waals surface area (Å²) in [7, 11) is 0. The number of pyridine rings is 1. The second-order valence-electron chi connectivity index (χ2n) is 25.9. The topological polar surface area (TPSA) is 33.5 Å². The molecule has 0 saturated heterocycles. The smallest absolute Gasteiger partial charge is 0.135 e. The maximum absolute atomic E-state index is 9.76. The van der Waals surface area contributed by atoms with E-state index in [1.54, 1.807) is 16.8 Å². The Morgan fingerprint density at radius 2 is 1.10 bits per heavy atom. The third-order valence-electron chi connectivity index (χ3n) is 17.5. The number of ether oxygens (including phenoxy) is 1. The maximum atomic E-state index is 9.76. The molecule has 1 spiro atoms. The van der Waals surface area contributed by atoms with Crippen molar-refractivity contribution in [1.29, 1.82) is 0 Å². The van der Waals surface area contributed by atoms with Crippen LogP contribution in [0.5, 0.6) is 11.5 Å². The standard InChI is InChI=1S/C80H67N4O.Pt/c1-77(2,3)54-41-42-81-74(47-54)84-70-36-17-13-27-61(70)62-40-39-59(49-73(62)84)85-58-26-20-25-57(48-58)82-50-83(72-38-19-18-37-71(72)82)76-60(53-44-55(78(4,5)6)46-56(45-53)79(7,8)9)29-21-31-64(76)63-30-22-35-69-75(63)65-28-12-16-34-68(65)80(69)66-32-14-10-23-51(66)43-52-24-11-15-33-67(52)80;/h10-42,44-47,50H,43H2,1-9H3;/q-3;/i13D,17D,27D,36D,43D2;. The van der Waals surface area contributed by atoms with E-state index in [0.29, 0.717) is 50.2 Å². The predicted octanol–water partition coefficient (Wildman–Crippen LogP) is 20.5. The van der Waals surface area contributed by atoms with Gasteiger partial charge >= 0.3 is 0 Å². The first kappa shape index (κ1) is 48.5. The van der Waals surface area contributed by atoms with Gasteiger partial charge in [0, 0.05) is 75.2 Å². The van der Waals surface area contributed by atoms with Crippen LogP contribution in [-0.4, -0.2) is 9.55 Å². The minimum atomic E-state index is -1.73. The van der Waals surface area contributed by atoms with Crippen LogP contribution in [0.25, 0.3) is 61.0 Å². The molecule has 0 saturated carbocycles. The molecular formula is C80H67N4OPt-3. The number of benzene rings is 10. The van der Waals surface area contributed by atoms with Crippen LogP contribution in [0.4, 0.5) is 22.7 Å². The van der Waals surface area contributed by atoms with Crippen molar-refractivity contribution >= 4 is 44.6 Å². The minimum Gasteiger partial charge on any atom is -0.509 e. The zero-order chi connectivity index (χ0) is 63.4. The van der Waals surface area contributed by atoms with Gasteiger partial charge in [-0.2, -0.15) is 12.1 Å². The SMILES string of the molecule is [2H]c1c([2H])c([2H])c2c(c1[2H])c1ccc(Oc3[c-]c(N4[CH-]N(c5c(-c6cc(C(C)(C)C)cc(C(C)(C)C)c6)cccc5-c5cccc6c5-c5ccccc5C65c6ccccc6C([2H])([2H])c6ccccc65)c5ccccc54)ccc3)[c-]c1n2-c1cc(C(C)(C)C)ccn1.[Pt]. The van der Waals surface area contributed by atoms with Crippen molar-refractivity contribution in [3.8, 4) is 50.7 Å². The molecule has 86 heavy (non-hydrogen) atoms. The molecule has 426 valence electrons. The summed E-state index contributed by atoms with van der Waals surface area (Å²) in [5.41, 5.74) is 18.5. The number of rotatable bonds is 7. The molecule has 1 aliphatic heterocycles. The Hall–Kier alpha value is -8.76. The molecule has 0 fully saturated rings. The summed E-state index contributed by atoms with van der Waals surface area (Å²) in [6.07, 6.45) is 0.00909. The van der Waals surface area contributed by atoms with Gasteiger partial charge in [-0.3, -0.25) is 0 Å². The largest absolute Gasteiger partial charge is 0.509 e. The minimum absolute atomic E-state index is 0. The number of hydrogen-bond acceptors (Lipinski definition) is 4. The molecule has 2 aromatic heterocycles. The normalized spacial score (nSPS) is 15.5. The van der Waals surface area contributed by atoms with Gasteiger partial charge in [-0.25, -0.2) is 4.98 Å². The Morgan fingerprint density at radius 1 is 0.523 bits per heavy atom. The van der Waals surface area contributed by atoms with Crippen molar-refractivity contribution in [3.63, 3.8) is 0 Å². The molecule has 0 atom stereocenters. The Bertz CT molecular complexity index is 4950. The van der Waals surface area contributed by atoms with Crippen molar-refractivity contribution in [3.05, 3.63) is 293 Å². The van der Waals surface area contributed by atoms with E-state index in [1.807, 2.05) is 60.7 Å². The third-order valence-corrected chi connectivity index (χ3v) is 17.5. The summed E-state index contributed by atoms with van der Waals surface area (Å²) in [6.45, 7) is 22.2. The summed E-state index contributed by atoms with van der Waals surface area (Å²) >= 11 is 0. The van der Waals surface area contributed by atoms with Gasteiger partial charge in [0.25, 0.3) is 0 Å². The summed E-state index contributed by atoms with van der Waals surface area (Å²) < 4.78 is 63.8. The van der Waals surface area contributed by atoms with Crippen LogP contribution in [0.15, 0.2) is 224 Å². The fraction of sp³-hybridized carbons (Fsp3) is 0.175. The van der Waals surface area contributed by atoms with Gasteiger partial charge in [0.2, 0.25) is 0 Å². The Kier molecular flexibility index (Phi) is 11.5. The van der Waals surface area contributed by atoms with Gasteiger partial charge in [0.05, 0.1) is 10.9 Å². The van der Waals surface area contributed by atoms with Crippen LogP contribution < -0.4 is 14.5 Å².